The van der Waals surface area contributed by atoms with Crippen LogP contribution in [-0.2, 0) is 4.79 Å². The van der Waals surface area contributed by atoms with E-state index >= 15 is 0 Å². The highest BCUT2D eigenvalue weighted by Gasteiger charge is 2.62. The van der Waals surface area contributed by atoms with Gasteiger partial charge in [0.2, 0.25) is 0 Å². The first-order valence-electron chi connectivity index (χ1n) is 10.2. The minimum atomic E-state index is -0.563. The van der Waals surface area contributed by atoms with Gasteiger partial charge in [0.1, 0.15) is 5.78 Å². The first kappa shape index (κ1) is 17.0. The first-order chi connectivity index (χ1) is 11.3. The lowest BCUT2D eigenvalue weighted by Gasteiger charge is -2.61. The molecule has 4 saturated carbocycles. The van der Waals surface area contributed by atoms with Crippen molar-refractivity contribution >= 4 is 5.78 Å². The van der Waals surface area contributed by atoms with Gasteiger partial charge < -0.3 is 10.2 Å². The number of carbonyl (C=O) groups is 1. The summed E-state index contributed by atoms with van der Waals surface area (Å²) in [7, 11) is 0. The van der Waals surface area contributed by atoms with Crippen molar-refractivity contribution in [2.24, 2.45) is 40.4 Å². The third kappa shape index (κ3) is 2.13. The molecule has 0 radical (unpaired) electrons. The number of carbonyl (C=O) groups excluding carboxylic acids is 1. The van der Waals surface area contributed by atoms with Crippen molar-refractivity contribution in [1.82, 2.24) is 0 Å². The van der Waals surface area contributed by atoms with Crippen LogP contribution in [0.15, 0.2) is 0 Å². The first-order valence-corrected chi connectivity index (χ1v) is 10.2. The largest absolute Gasteiger partial charge is 0.390 e. The average molecular weight is 335 g/mol. The van der Waals surface area contributed by atoms with Gasteiger partial charge in [-0.1, -0.05) is 20.8 Å². The Kier molecular flexibility index (Phi) is 3.93. The van der Waals surface area contributed by atoms with Crippen LogP contribution < -0.4 is 0 Å². The third-order valence-electron chi connectivity index (χ3n) is 9.14. The van der Waals surface area contributed by atoms with Crippen LogP contribution in [-0.4, -0.2) is 28.2 Å². The van der Waals surface area contributed by atoms with Gasteiger partial charge in [-0.05, 0) is 79.4 Å². The summed E-state index contributed by atoms with van der Waals surface area (Å²) in [5.74, 6) is 3.15. The number of aliphatic hydroxyl groups excluding tert-OH is 2. The second-order valence-corrected chi connectivity index (χ2v) is 9.91. The van der Waals surface area contributed by atoms with Gasteiger partial charge in [-0.15, -0.1) is 0 Å². The molecule has 0 spiro atoms. The van der Waals surface area contributed by atoms with Crippen molar-refractivity contribution in [3.63, 3.8) is 0 Å². The van der Waals surface area contributed by atoms with Crippen molar-refractivity contribution in [1.29, 1.82) is 0 Å². The molecule has 4 aliphatic rings. The highest BCUT2D eigenvalue weighted by atomic mass is 16.3. The Morgan fingerprint density at radius 2 is 1.79 bits per heavy atom. The Labute approximate surface area is 146 Å². The van der Waals surface area contributed by atoms with E-state index in [1.54, 1.807) is 0 Å². The van der Waals surface area contributed by atoms with Crippen LogP contribution in [0.4, 0.5) is 0 Å². The van der Waals surface area contributed by atoms with Gasteiger partial charge in [0.05, 0.1) is 12.2 Å². The van der Waals surface area contributed by atoms with Gasteiger partial charge in [0.25, 0.3) is 0 Å². The Morgan fingerprint density at radius 1 is 1.04 bits per heavy atom. The number of ketones is 1. The second kappa shape index (κ2) is 5.54. The van der Waals surface area contributed by atoms with Gasteiger partial charge in [-0.25, -0.2) is 0 Å². The summed E-state index contributed by atoms with van der Waals surface area (Å²) in [4.78, 5) is 12.6. The van der Waals surface area contributed by atoms with E-state index in [1.165, 1.54) is 25.7 Å². The molecular formula is C21H34O3. The van der Waals surface area contributed by atoms with E-state index < -0.39 is 12.2 Å². The number of hydrogen-bond donors (Lipinski definition) is 2. The average Bonchev–Trinajstić information content (AvgIpc) is 2.78. The standard InChI is InChI=1S/C21H34O3/c1-4-14-17(22)10-16-13-6-5-12-9-18(23)19(24)11-21(12,3)15(13)7-8-20(14,16)2/h12-16,18-19,23-24H,4-11H2,1-3H3/t12-,13-,14+,15-,16-,18-,19+,20+,21+/m1/s1. The summed E-state index contributed by atoms with van der Waals surface area (Å²) in [6.45, 7) is 6.94. The van der Waals surface area contributed by atoms with Gasteiger partial charge in [-0.2, -0.15) is 0 Å². The Morgan fingerprint density at radius 3 is 2.50 bits per heavy atom. The predicted octanol–water partition coefficient (Wildman–Crippen LogP) is 3.57. The van der Waals surface area contributed by atoms with Crippen LogP contribution >= 0.6 is 0 Å². The van der Waals surface area contributed by atoms with E-state index in [-0.39, 0.29) is 16.7 Å². The van der Waals surface area contributed by atoms with Crippen LogP contribution in [0.3, 0.4) is 0 Å². The van der Waals surface area contributed by atoms with Crippen LogP contribution in [0, 0.1) is 40.4 Å². The quantitative estimate of drug-likeness (QED) is 0.771. The minimum absolute atomic E-state index is 0.149. The Balaban J connectivity index is 1.64. The fourth-order valence-corrected chi connectivity index (χ4v) is 7.86. The van der Waals surface area contributed by atoms with Crippen molar-refractivity contribution in [3.05, 3.63) is 0 Å². The highest BCUT2D eigenvalue weighted by Crippen LogP contribution is 2.67. The summed E-state index contributed by atoms with van der Waals surface area (Å²) in [6, 6.07) is 0. The zero-order valence-electron chi connectivity index (χ0n) is 15.5. The molecule has 136 valence electrons. The van der Waals surface area contributed by atoms with E-state index in [1.807, 2.05) is 0 Å². The van der Waals surface area contributed by atoms with Crippen molar-refractivity contribution in [2.75, 3.05) is 0 Å². The molecule has 0 aromatic carbocycles. The third-order valence-corrected chi connectivity index (χ3v) is 9.14. The maximum atomic E-state index is 12.6. The van der Waals surface area contributed by atoms with E-state index in [0.717, 1.165) is 25.7 Å². The molecule has 0 amide bonds. The Bertz CT molecular complexity index is 531. The molecule has 24 heavy (non-hydrogen) atoms. The van der Waals surface area contributed by atoms with Crippen molar-refractivity contribution in [2.45, 2.75) is 84.3 Å². The lowest BCUT2D eigenvalue weighted by atomic mass is 9.44. The van der Waals surface area contributed by atoms with Gasteiger partial charge >= 0.3 is 0 Å². The van der Waals surface area contributed by atoms with Crippen LogP contribution in [0.25, 0.3) is 0 Å². The number of hydrogen-bond acceptors (Lipinski definition) is 3. The molecule has 0 bridgehead atoms. The van der Waals surface area contributed by atoms with Crippen LogP contribution in [0.2, 0.25) is 0 Å². The Hall–Kier alpha value is -0.410. The summed E-state index contributed by atoms with van der Waals surface area (Å²) in [5, 5.41) is 20.5. The van der Waals surface area contributed by atoms with Crippen LogP contribution in [0.1, 0.15) is 72.1 Å². The fraction of sp³-hybridized carbons (Fsp3) is 0.952. The molecule has 0 aromatic heterocycles. The minimum Gasteiger partial charge on any atom is -0.390 e. The zero-order chi connectivity index (χ0) is 17.3. The SMILES string of the molecule is CC[C@H]1C(=O)C[C@@H]2[C@@H]3CC[C@@H]4C[C@@H](O)[C@@H](O)C[C@]4(C)[C@@H]3CC[C@]21C. The molecule has 3 nitrogen and oxygen atoms in total. The predicted molar refractivity (Wildman–Crippen MR) is 93.3 cm³/mol. The summed E-state index contributed by atoms with van der Waals surface area (Å²) < 4.78 is 0. The zero-order valence-corrected chi connectivity index (χ0v) is 15.5. The molecule has 4 aliphatic carbocycles. The normalized spacial score (nSPS) is 57.2. The van der Waals surface area contributed by atoms with Crippen molar-refractivity contribution < 1.29 is 15.0 Å². The smallest absolute Gasteiger partial charge is 0.136 e. The number of Topliss-reactive ketones (excluding diaryl/α,β-unsaturated/α-hetero) is 1. The van der Waals surface area contributed by atoms with Crippen LogP contribution in [0.5, 0.6) is 0 Å². The maximum absolute atomic E-state index is 12.6. The lowest BCUT2D eigenvalue weighted by Crippen LogP contribution is -2.56. The lowest BCUT2D eigenvalue weighted by molar-refractivity contribution is -0.159. The molecule has 4 rings (SSSR count). The van der Waals surface area contributed by atoms with Gasteiger partial charge in [0, 0.05) is 12.3 Å². The van der Waals surface area contributed by atoms with Crippen molar-refractivity contribution in [3.8, 4) is 0 Å². The number of aliphatic hydroxyl groups is 2. The topological polar surface area (TPSA) is 57.5 Å². The maximum Gasteiger partial charge on any atom is 0.136 e. The summed E-state index contributed by atoms with van der Waals surface area (Å²) >= 11 is 0. The van der Waals surface area contributed by atoms with E-state index in [9.17, 15) is 15.0 Å². The monoisotopic (exact) mass is 334 g/mol. The fourth-order valence-electron chi connectivity index (χ4n) is 7.86. The molecule has 4 fully saturated rings. The molecule has 0 heterocycles. The van der Waals surface area contributed by atoms with Gasteiger partial charge in [0.15, 0.2) is 0 Å². The molecule has 0 saturated heterocycles. The molecule has 2 N–H and O–H groups in total. The second-order valence-electron chi connectivity index (χ2n) is 9.91. The molecular weight excluding hydrogens is 300 g/mol. The van der Waals surface area contributed by atoms with E-state index in [0.29, 0.717) is 29.5 Å². The molecule has 0 aliphatic heterocycles. The molecule has 9 atom stereocenters. The van der Waals surface area contributed by atoms with Gasteiger partial charge in [-0.3, -0.25) is 4.79 Å². The highest BCUT2D eigenvalue weighted by molar-refractivity contribution is 5.84. The van der Waals surface area contributed by atoms with E-state index in [4.69, 9.17) is 0 Å². The number of rotatable bonds is 1. The molecule has 0 unspecified atom stereocenters. The molecule has 0 aromatic rings. The van der Waals surface area contributed by atoms with E-state index in [2.05, 4.69) is 20.8 Å². The molecule has 3 heteroatoms. The summed E-state index contributed by atoms with van der Waals surface area (Å²) in [5.41, 5.74) is 0.360. The summed E-state index contributed by atoms with van der Waals surface area (Å²) in [6.07, 6.45) is 6.96. The number of fused-ring (bicyclic) bond motifs is 5.